The summed E-state index contributed by atoms with van der Waals surface area (Å²) in [6, 6.07) is 9.02. The minimum Gasteiger partial charge on any atom is -0.494 e. The molecule has 0 saturated carbocycles. The third-order valence-electron chi connectivity index (χ3n) is 2.40. The fourth-order valence-electron chi connectivity index (χ4n) is 1.61. The summed E-state index contributed by atoms with van der Waals surface area (Å²) < 4.78 is 5.34. The summed E-state index contributed by atoms with van der Waals surface area (Å²) in [4.78, 5) is 14.2. The number of ether oxygens (including phenoxy) is 1. The van der Waals surface area contributed by atoms with Crippen molar-refractivity contribution in [2.75, 3.05) is 12.3 Å². The van der Waals surface area contributed by atoms with Gasteiger partial charge in [0, 0.05) is 17.4 Å². The van der Waals surface area contributed by atoms with E-state index >= 15 is 0 Å². The van der Waals surface area contributed by atoms with Crippen LogP contribution in [0.2, 0.25) is 0 Å². The fraction of sp³-hybridized carbons (Fsp3) is 0.154. The van der Waals surface area contributed by atoms with E-state index in [0.717, 1.165) is 11.3 Å². The molecule has 0 radical (unpaired) electrons. The highest BCUT2D eigenvalue weighted by molar-refractivity contribution is 5.66. The molecule has 0 spiro atoms. The lowest BCUT2D eigenvalue weighted by Gasteiger charge is -2.05. The molecule has 0 amide bonds. The number of hydrogen-bond donors (Lipinski definition) is 2. The van der Waals surface area contributed by atoms with Crippen LogP contribution >= 0.6 is 0 Å². The van der Waals surface area contributed by atoms with Gasteiger partial charge in [-0.25, -0.2) is 0 Å². The van der Waals surface area contributed by atoms with Gasteiger partial charge in [-0.1, -0.05) is 12.1 Å². The molecule has 2 rings (SSSR count). The maximum absolute atomic E-state index is 11.6. The van der Waals surface area contributed by atoms with Crippen molar-refractivity contribution in [2.45, 2.75) is 6.92 Å². The molecule has 88 valence electrons. The monoisotopic (exact) mass is 230 g/mol. The van der Waals surface area contributed by atoms with E-state index in [9.17, 15) is 4.79 Å². The number of rotatable bonds is 3. The fourth-order valence-corrected chi connectivity index (χ4v) is 1.61. The second-order valence-electron chi connectivity index (χ2n) is 3.63. The van der Waals surface area contributed by atoms with E-state index in [2.05, 4.69) is 4.98 Å². The van der Waals surface area contributed by atoms with Gasteiger partial charge in [-0.15, -0.1) is 0 Å². The number of anilines is 1. The molecular weight excluding hydrogens is 216 g/mol. The number of aromatic nitrogens is 1. The second kappa shape index (κ2) is 4.74. The van der Waals surface area contributed by atoms with E-state index in [4.69, 9.17) is 10.5 Å². The van der Waals surface area contributed by atoms with E-state index < -0.39 is 0 Å². The summed E-state index contributed by atoms with van der Waals surface area (Å²) in [5.41, 5.74) is 7.42. The molecule has 0 fully saturated rings. The van der Waals surface area contributed by atoms with Gasteiger partial charge >= 0.3 is 0 Å². The van der Waals surface area contributed by atoms with E-state index in [1.54, 1.807) is 6.07 Å². The number of aromatic amines is 1. The first kappa shape index (κ1) is 11.3. The topological polar surface area (TPSA) is 68.1 Å². The minimum atomic E-state index is -0.150. The summed E-state index contributed by atoms with van der Waals surface area (Å²) >= 11 is 0. The van der Waals surface area contributed by atoms with Gasteiger partial charge in [-0.05, 0) is 30.7 Å². The van der Waals surface area contributed by atoms with Gasteiger partial charge in [0.25, 0.3) is 5.56 Å². The molecular formula is C13H14N2O2. The third kappa shape index (κ3) is 2.47. The Morgan fingerprint density at radius 2 is 2.00 bits per heavy atom. The first-order valence-corrected chi connectivity index (χ1v) is 5.42. The average Bonchev–Trinajstić information content (AvgIpc) is 2.34. The highest BCUT2D eigenvalue weighted by atomic mass is 16.5. The molecule has 1 heterocycles. The third-order valence-corrected chi connectivity index (χ3v) is 2.40. The first-order chi connectivity index (χ1) is 8.20. The molecule has 0 saturated heterocycles. The van der Waals surface area contributed by atoms with Crippen LogP contribution in [0.15, 0.2) is 41.3 Å². The quantitative estimate of drug-likeness (QED) is 0.847. The molecule has 0 aliphatic carbocycles. The molecule has 4 heteroatoms. The Morgan fingerprint density at radius 1 is 1.29 bits per heavy atom. The molecule has 0 bridgehead atoms. The summed E-state index contributed by atoms with van der Waals surface area (Å²) in [6.45, 7) is 2.55. The van der Waals surface area contributed by atoms with E-state index in [1.165, 1.54) is 6.20 Å². The predicted octanol–water partition coefficient (Wildman–Crippen LogP) is 2.02. The molecule has 3 N–H and O–H groups in total. The summed E-state index contributed by atoms with van der Waals surface area (Å²) in [6.07, 6.45) is 1.49. The van der Waals surface area contributed by atoms with Crippen molar-refractivity contribution in [3.63, 3.8) is 0 Å². The summed E-state index contributed by atoms with van der Waals surface area (Å²) in [5, 5.41) is 0. The predicted molar refractivity (Wildman–Crippen MR) is 68.1 cm³/mol. The Morgan fingerprint density at radius 3 is 2.65 bits per heavy atom. The number of benzene rings is 1. The highest BCUT2D eigenvalue weighted by Crippen LogP contribution is 2.20. The zero-order valence-corrected chi connectivity index (χ0v) is 9.57. The van der Waals surface area contributed by atoms with E-state index in [1.807, 2.05) is 31.2 Å². The van der Waals surface area contributed by atoms with Crippen molar-refractivity contribution in [3.05, 3.63) is 46.9 Å². The average molecular weight is 230 g/mol. The Balaban J connectivity index is 2.39. The van der Waals surface area contributed by atoms with Crippen LogP contribution in [-0.4, -0.2) is 11.6 Å². The van der Waals surface area contributed by atoms with Gasteiger partial charge in [-0.3, -0.25) is 4.79 Å². The molecule has 2 aromatic rings. The number of nitrogens with one attached hydrogen (secondary N) is 1. The summed E-state index contributed by atoms with van der Waals surface area (Å²) in [5.74, 6) is 0.789. The van der Waals surface area contributed by atoms with Crippen LogP contribution in [-0.2, 0) is 0 Å². The molecule has 4 nitrogen and oxygen atoms in total. The minimum absolute atomic E-state index is 0.150. The Kier molecular flexibility index (Phi) is 3.14. The lowest BCUT2D eigenvalue weighted by molar-refractivity contribution is 0.340. The normalized spacial score (nSPS) is 10.2. The van der Waals surface area contributed by atoms with E-state index in [-0.39, 0.29) is 5.56 Å². The maximum Gasteiger partial charge on any atom is 0.255 e. The van der Waals surface area contributed by atoms with Crippen LogP contribution in [0.1, 0.15) is 6.92 Å². The molecule has 1 aromatic carbocycles. The first-order valence-electron chi connectivity index (χ1n) is 5.42. The molecule has 0 aliphatic rings. The van der Waals surface area contributed by atoms with Gasteiger partial charge in [0.15, 0.2) is 0 Å². The van der Waals surface area contributed by atoms with Crippen molar-refractivity contribution in [3.8, 4) is 16.9 Å². The van der Waals surface area contributed by atoms with Crippen LogP contribution < -0.4 is 16.0 Å². The van der Waals surface area contributed by atoms with Crippen LogP contribution in [0.25, 0.3) is 11.1 Å². The Bertz CT molecular complexity index is 558. The maximum atomic E-state index is 11.6. The van der Waals surface area contributed by atoms with Crippen molar-refractivity contribution in [1.29, 1.82) is 0 Å². The number of nitrogen functional groups attached to an aromatic ring is 1. The van der Waals surface area contributed by atoms with E-state index in [0.29, 0.717) is 17.9 Å². The summed E-state index contributed by atoms with van der Waals surface area (Å²) in [7, 11) is 0. The Hall–Kier alpha value is -2.23. The standard InChI is InChI=1S/C13H14N2O2/c1-2-17-11-5-3-9(4-6-11)12-7-10(14)8-15-13(12)16/h3-8H,2,14H2,1H3,(H,15,16). The lowest BCUT2D eigenvalue weighted by atomic mass is 10.1. The molecule has 0 atom stereocenters. The number of H-pyrrole nitrogens is 1. The molecule has 0 aliphatic heterocycles. The van der Waals surface area contributed by atoms with Gasteiger partial charge in [-0.2, -0.15) is 0 Å². The largest absolute Gasteiger partial charge is 0.494 e. The van der Waals surface area contributed by atoms with Crippen molar-refractivity contribution >= 4 is 5.69 Å². The number of nitrogens with two attached hydrogens (primary N) is 1. The smallest absolute Gasteiger partial charge is 0.255 e. The lowest BCUT2D eigenvalue weighted by Crippen LogP contribution is -2.08. The van der Waals surface area contributed by atoms with Gasteiger partial charge < -0.3 is 15.5 Å². The Labute approximate surface area is 99.1 Å². The van der Waals surface area contributed by atoms with Gasteiger partial charge in [0.1, 0.15) is 5.75 Å². The van der Waals surface area contributed by atoms with Crippen LogP contribution in [0, 0.1) is 0 Å². The molecule has 1 aromatic heterocycles. The van der Waals surface area contributed by atoms with Gasteiger partial charge in [0.05, 0.1) is 6.61 Å². The van der Waals surface area contributed by atoms with Crippen molar-refractivity contribution < 1.29 is 4.74 Å². The number of hydrogen-bond acceptors (Lipinski definition) is 3. The van der Waals surface area contributed by atoms with Crippen LogP contribution in [0.4, 0.5) is 5.69 Å². The zero-order chi connectivity index (χ0) is 12.3. The number of pyridine rings is 1. The molecule has 0 unspecified atom stereocenters. The second-order valence-corrected chi connectivity index (χ2v) is 3.63. The van der Waals surface area contributed by atoms with Crippen LogP contribution in [0.3, 0.4) is 0 Å². The highest BCUT2D eigenvalue weighted by Gasteiger charge is 2.03. The van der Waals surface area contributed by atoms with Crippen molar-refractivity contribution in [2.24, 2.45) is 0 Å². The van der Waals surface area contributed by atoms with Crippen molar-refractivity contribution in [1.82, 2.24) is 4.98 Å². The SMILES string of the molecule is CCOc1ccc(-c2cc(N)c[nH]c2=O)cc1. The zero-order valence-electron chi connectivity index (χ0n) is 9.57. The van der Waals surface area contributed by atoms with Gasteiger partial charge in [0.2, 0.25) is 0 Å². The molecule has 17 heavy (non-hydrogen) atoms. The van der Waals surface area contributed by atoms with Crippen LogP contribution in [0.5, 0.6) is 5.75 Å².